The standard InChI is InChI=1S/C5H8Cl2O/c1-4(8)5(2-6)3-7/h5H,2-3H2,1H3. The van der Waals surface area contributed by atoms with Crippen LogP contribution in [0.3, 0.4) is 0 Å². The number of ketones is 1. The fourth-order valence-corrected chi connectivity index (χ4v) is 1.02. The maximum Gasteiger partial charge on any atom is 0.135 e. The average molecular weight is 155 g/mol. The molecule has 0 aliphatic rings. The highest BCUT2D eigenvalue weighted by Crippen LogP contribution is 2.02. The van der Waals surface area contributed by atoms with E-state index in [1.165, 1.54) is 6.92 Å². The normalized spacial score (nSPS) is 10.0. The molecule has 1 nitrogen and oxygen atoms in total. The van der Waals surface area contributed by atoms with Gasteiger partial charge in [0, 0.05) is 17.7 Å². The van der Waals surface area contributed by atoms with Crippen LogP contribution < -0.4 is 0 Å². The molecule has 0 rings (SSSR count). The minimum absolute atomic E-state index is 0.0648. The Morgan fingerprint density at radius 2 is 1.88 bits per heavy atom. The van der Waals surface area contributed by atoms with Crippen LogP contribution in [0.25, 0.3) is 0 Å². The van der Waals surface area contributed by atoms with Crippen molar-refractivity contribution < 1.29 is 4.79 Å². The van der Waals surface area contributed by atoms with E-state index in [1.807, 2.05) is 0 Å². The number of alkyl halides is 2. The second-order valence-corrected chi connectivity index (χ2v) is 2.23. The molecule has 0 aromatic rings. The molecule has 0 bridgehead atoms. The Morgan fingerprint density at radius 3 is 1.88 bits per heavy atom. The monoisotopic (exact) mass is 154 g/mol. The molecule has 0 spiro atoms. The van der Waals surface area contributed by atoms with Crippen molar-refractivity contribution in [1.29, 1.82) is 0 Å². The van der Waals surface area contributed by atoms with Gasteiger partial charge in [0.15, 0.2) is 0 Å². The Labute approximate surface area is 59.0 Å². The predicted molar refractivity (Wildman–Crippen MR) is 35.6 cm³/mol. The van der Waals surface area contributed by atoms with Crippen molar-refractivity contribution in [2.45, 2.75) is 6.92 Å². The number of rotatable bonds is 3. The molecule has 0 unspecified atom stereocenters. The van der Waals surface area contributed by atoms with Crippen molar-refractivity contribution in [3.63, 3.8) is 0 Å². The number of Topliss-reactive ketones (excluding diaryl/α,β-unsaturated/α-hetero) is 1. The zero-order chi connectivity index (χ0) is 6.57. The lowest BCUT2D eigenvalue weighted by atomic mass is 10.1. The maximum atomic E-state index is 10.4. The van der Waals surface area contributed by atoms with Gasteiger partial charge in [-0.2, -0.15) is 0 Å². The molecule has 0 aliphatic heterocycles. The van der Waals surface area contributed by atoms with Gasteiger partial charge in [0.05, 0.1) is 0 Å². The van der Waals surface area contributed by atoms with Gasteiger partial charge in [-0.05, 0) is 6.92 Å². The van der Waals surface area contributed by atoms with Crippen LogP contribution in [0.4, 0.5) is 0 Å². The molecule has 8 heavy (non-hydrogen) atoms. The van der Waals surface area contributed by atoms with E-state index in [0.29, 0.717) is 11.8 Å². The summed E-state index contributed by atoms with van der Waals surface area (Å²) in [5.41, 5.74) is 0. The third kappa shape index (κ3) is 2.53. The Kier molecular flexibility index (Phi) is 4.29. The van der Waals surface area contributed by atoms with Gasteiger partial charge in [0.25, 0.3) is 0 Å². The van der Waals surface area contributed by atoms with E-state index in [-0.39, 0.29) is 11.7 Å². The number of carbonyl (C=O) groups excluding carboxylic acids is 1. The van der Waals surface area contributed by atoms with E-state index in [2.05, 4.69) is 0 Å². The summed E-state index contributed by atoms with van der Waals surface area (Å²) in [6, 6.07) is 0. The molecule has 0 saturated heterocycles. The quantitative estimate of drug-likeness (QED) is 0.566. The van der Waals surface area contributed by atoms with Crippen LogP contribution in [-0.4, -0.2) is 17.5 Å². The maximum absolute atomic E-state index is 10.4. The molecule has 0 heterocycles. The van der Waals surface area contributed by atoms with Gasteiger partial charge in [-0.1, -0.05) is 0 Å². The Bertz CT molecular complexity index is 78.5. The SMILES string of the molecule is CC(=O)C(CCl)CCl. The van der Waals surface area contributed by atoms with Crippen LogP contribution in [0, 0.1) is 5.92 Å². The van der Waals surface area contributed by atoms with Gasteiger partial charge in [-0.25, -0.2) is 0 Å². The number of halogens is 2. The Hall–Kier alpha value is 0.250. The number of hydrogen-bond donors (Lipinski definition) is 0. The summed E-state index contributed by atoms with van der Waals surface area (Å²) in [6.07, 6.45) is 0. The summed E-state index contributed by atoms with van der Waals surface area (Å²) in [7, 11) is 0. The Balaban J connectivity index is 3.52. The topological polar surface area (TPSA) is 17.1 Å². The van der Waals surface area contributed by atoms with Crippen molar-refractivity contribution in [3.05, 3.63) is 0 Å². The molecule has 0 aliphatic carbocycles. The number of hydrogen-bond acceptors (Lipinski definition) is 1. The second-order valence-electron chi connectivity index (χ2n) is 1.62. The molecular weight excluding hydrogens is 147 g/mol. The summed E-state index contributed by atoms with van der Waals surface area (Å²) >= 11 is 10.7. The third-order valence-electron chi connectivity index (χ3n) is 0.947. The lowest BCUT2D eigenvalue weighted by Crippen LogP contribution is -2.13. The first kappa shape index (κ1) is 8.25. The second kappa shape index (κ2) is 4.16. The lowest BCUT2D eigenvalue weighted by Gasteiger charge is -2.01. The zero-order valence-electron chi connectivity index (χ0n) is 4.66. The summed E-state index contributed by atoms with van der Waals surface area (Å²) < 4.78 is 0. The summed E-state index contributed by atoms with van der Waals surface area (Å²) in [6.45, 7) is 1.50. The molecule has 0 radical (unpaired) electrons. The van der Waals surface area contributed by atoms with Crippen LogP contribution in [-0.2, 0) is 4.79 Å². The van der Waals surface area contributed by atoms with Crippen LogP contribution in [0.2, 0.25) is 0 Å². The van der Waals surface area contributed by atoms with Gasteiger partial charge >= 0.3 is 0 Å². The molecule has 0 aromatic carbocycles. The van der Waals surface area contributed by atoms with Crippen molar-refractivity contribution in [1.82, 2.24) is 0 Å². The van der Waals surface area contributed by atoms with Gasteiger partial charge in [0.1, 0.15) is 5.78 Å². The third-order valence-corrected chi connectivity index (χ3v) is 1.69. The summed E-state index contributed by atoms with van der Waals surface area (Å²) in [5.74, 6) is 0.575. The molecule has 0 aromatic heterocycles. The van der Waals surface area contributed by atoms with Gasteiger partial charge in [-0.3, -0.25) is 4.79 Å². The van der Waals surface area contributed by atoms with Crippen LogP contribution in [0.5, 0.6) is 0 Å². The molecular formula is C5H8Cl2O. The molecule has 0 atom stereocenters. The predicted octanol–water partition coefficient (Wildman–Crippen LogP) is 1.67. The van der Waals surface area contributed by atoms with E-state index in [9.17, 15) is 4.79 Å². The van der Waals surface area contributed by atoms with E-state index in [0.717, 1.165) is 0 Å². The van der Waals surface area contributed by atoms with Gasteiger partial charge in [0.2, 0.25) is 0 Å². The van der Waals surface area contributed by atoms with Crippen molar-refractivity contribution in [3.8, 4) is 0 Å². The van der Waals surface area contributed by atoms with Gasteiger partial charge in [-0.15, -0.1) is 23.2 Å². The highest BCUT2D eigenvalue weighted by atomic mass is 35.5. The first-order valence-electron chi connectivity index (χ1n) is 2.34. The molecule has 0 saturated carbocycles. The van der Waals surface area contributed by atoms with Crippen molar-refractivity contribution in [2.24, 2.45) is 5.92 Å². The highest BCUT2D eigenvalue weighted by molar-refractivity contribution is 6.23. The molecule has 0 N–H and O–H groups in total. The van der Waals surface area contributed by atoms with Crippen LogP contribution in [0.1, 0.15) is 6.92 Å². The van der Waals surface area contributed by atoms with E-state index >= 15 is 0 Å². The van der Waals surface area contributed by atoms with Crippen molar-refractivity contribution >= 4 is 29.0 Å². The van der Waals surface area contributed by atoms with Gasteiger partial charge < -0.3 is 0 Å². The Morgan fingerprint density at radius 1 is 1.50 bits per heavy atom. The van der Waals surface area contributed by atoms with Crippen LogP contribution >= 0.6 is 23.2 Å². The molecule has 0 amide bonds. The highest BCUT2D eigenvalue weighted by Gasteiger charge is 2.09. The minimum Gasteiger partial charge on any atom is -0.300 e. The number of carbonyl (C=O) groups is 1. The summed E-state index contributed by atoms with van der Waals surface area (Å²) in [5, 5.41) is 0. The van der Waals surface area contributed by atoms with E-state index in [1.54, 1.807) is 0 Å². The molecule has 0 fully saturated rings. The fraction of sp³-hybridized carbons (Fsp3) is 0.800. The smallest absolute Gasteiger partial charge is 0.135 e. The zero-order valence-corrected chi connectivity index (χ0v) is 6.17. The first-order valence-corrected chi connectivity index (χ1v) is 3.41. The lowest BCUT2D eigenvalue weighted by molar-refractivity contribution is -0.119. The first-order chi connectivity index (χ1) is 3.72. The molecule has 48 valence electrons. The van der Waals surface area contributed by atoms with Crippen molar-refractivity contribution in [2.75, 3.05) is 11.8 Å². The largest absolute Gasteiger partial charge is 0.300 e. The van der Waals surface area contributed by atoms with E-state index in [4.69, 9.17) is 23.2 Å². The molecule has 3 heteroatoms. The average Bonchev–Trinajstić information content (AvgIpc) is 1.69. The minimum atomic E-state index is -0.154. The van der Waals surface area contributed by atoms with E-state index < -0.39 is 0 Å². The summed E-state index contributed by atoms with van der Waals surface area (Å²) in [4.78, 5) is 10.4. The van der Waals surface area contributed by atoms with Crippen LogP contribution in [0.15, 0.2) is 0 Å². The fourth-order valence-electron chi connectivity index (χ4n) is 0.259.